The Hall–Kier alpha value is -2.70. The van der Waals surface area contributed by atoms with Crippen LogP contribution in [0, 0.1) is 6.92 Å². The fourth-order valence-electron chi connectivity index (χ4n) is 3.00. The van der Waals surface area contributed by atoms with Crippen LogP contribution in [0.1, 0.15) is 41.5 Å². The summed E-state index contributed by atoms with van der Waals surface area (Å²) >= 11 is 1.49. The highest BCUT2D eigenvalue weighted by molar-refractivity contribution is 7.15. The van der Waals surface area contributed by atoms with Crippen LogP contribution < -0.4 is 15.8 Å². The van der Waals surface area contributed by atoms with Gasteiger partial charge >= 0.3 is 0 Å². The van der Waals surface area contributed by atoms with Gasteiger partial charge in [-0.1, -0.05) is 56.3 Å². The average Bonchev–Trinajstić information content (AvgIpc) is 3.08. The lowest BCUT2D eigenvalue weighted by molar-refractivity contribution is -0.117. The molecular formula is C23H27N3O2S. The van der Waals surface area contributed by atoms with Crippen LogP contribution in [0.5, 0.6) is 5.75 Å². The average molecular weight is 410 g/mol. The smallest absolute Gasteiger partial charge is 0.243 e. The molecule has 29 heavy (non-hydrogen) atoms. The molecule has 152 valence electrons. The van der Waals surface area contributed by atoms with Crippen LogP contribution in [-0.2, 0) is 17.8 Å². The van der Waals surface area contributed by atoms with Gasteiger partial charge < -0.3 is 15.8 Å². The molecule has 0 fully saturated rings. The first-order valence-electron chi connectivity index (χ1n) is 9.72. The number of nitrogens with two attached hydrogens (primary N) is 1. The molecule has 0 spiro atoms. The lowest BCUT2D eigenvalue weighted by Crippen LogP contribution is -2.37. The number of nitrogens with zero attached hydrogens (tertiary/aromatic N) is 1. The highest BCUT2D eigenvalue weighted by Gasteiger charge is 2.18. The number of carbonyl (C=O) groups is 1. The summed E-state index contributed by atoms with van der Waals surface area (Å²) in [6.45, 7) is 6.72. The van der Waals surface area contributed by atoms with Crippen LogP contribution in [0.4, 0.5) is 5.13 Å². The fraction of sp³-hybridized carbons (Fsp3) is 0.304. The van der Waals surface area contributed by atoms with E-state index in [0.717, 1.165) is 27.4 Å². The fourth-order valence-corrected chi connectivity index (χ4v) is 3.98. The molecule has 6 heteroatoms. The van der Waals surface area contributed by atoms with Crippen LogP contribution in [0.15, 0.2) is 54.6 Å². The van der Waals surface area contributed by atoms with E-state index in [9.17, 15) is 4.79 Å². The quantitative estimate of drug-likeness (QED) is 0.567. The number of rotatable bonds is 8. The molecule has 1 heterocycles. The topological polar surface area (TPSA) is 77.2 Å². The molecule has 1 amide bonds. The van der Waals surface area contributed by atoms with E-state index in [0.29, 0.717) is 24.1 Å². The minimum Gasteiger partial charge on any atom is -0.489 e. The largest absolute Gasteiger partial charge is 0.489 e. The molecule has 0 bridgehead atoms. The van der Waals surface area contributed by atoms with Gasteiger partial charge in [-0.3, -0.25) is 4.79 Å². The molecule has 2 aromatic carbocycles. The second kappa shape index (κ2) is 9.67. The van der Waals surface area contributed by atoms with Crippen molar-refractivity contribution < 1.29 is 9.53 Å². The molecule has 0 aliphatic rings. The van der Waals surface area contributed by atoms with Crippen LogP contribution in [-0.4, -0.2) is 16.9 Å². The summed E-state index contributed by atoms with van der Waals surface area (Å²) in [7, 11) is 0. The third kappa shape index (κ3) is 5.89. The maximum absolute atomic E-state index is 12.4. The number of anilines is 1. The number of thiazole rings is 1. The second-order valence-corrected chi connectivity index (χ2v) is 8.54. The van der Waals surface area contributed by atoms with Crippen LogP contribution in [0.25, 0.3) is 0 Å². The summed E-state index contributed by atoms with van der Waals surface area (Å²) in [6.07, 6.45) is 0.451. The van der Waals surface area contributed by atoms with E-state index >= 15 is 0 Å². The molecular weight excluding hydrogens is 382 g/mol. The van der Waals surface area contributed by atoms with E-state index in [1.54, 1.807) is 0 Å². The van der Waals surface area contributed by atoms with Gasteiger partial charge in [0.05, 0.1) is 11.7 Å². The molecule has 0 saturated heterocycles. The van der Waals surface area contributed by atoms with E-state index in [-0.39, 0.29) is 5.91 Å². The Morgan fingerprint density at radius 1 is 1.10 bits per heavy atom. The number of nitrogens with one attached hydrogen (secondary N) is 1. The zero-order chi connectivity index (χ0) is 20.8. The van der Waals surface area contributed by atoms with Gasteiger partial charge in [0.25, 0.3) is 0 Å². The van der Waals surface area contributed by atoms with Crippen molar-refractivity contribution >= 4 is 22.4 Å². The maximum Gasteiger partial charge on any atom is 0.243 e. The lowest BCUT2D eigenvalue weighted by Gasteiger charge is -2.12. The summed E-state index contributed by atoms with van der Waals surface area (Å²) < 4.78 is 5.79. The van der Waals surface area contributed by atoms with Gasteiger partial charge in [0.1, 0.15) is 12.4 Å². The summed E-state index contributed by atoms with van der Waals surface area (Å²) in [4.78, 5) is 18.1. The van der Waals surface area contributed by atoms with Gasteiger partial charge in [-0.2, -0.15) is 0 Å². The summed E-state index contributed by atoms with van der Waals surface area (Å²) in [6, 6.07) is 17.1. The Labute approximate surface area is 175 Å². The molecule has 0 unspecified atom stereocenters. The number of aryl methyl sites for hydroxylation is 1. The predicted octanol–water partition coefficient (Wildman–Crippen LogP) is 4.66. The van der Waals surface area contributed by atoms with E-state index in [1.807, 2.05) is 61.5 Å². The van der Waals surface area contributed by atoms with Gasteiger partial charge in [0.2, 0.25) is 5.91 Å². The van der Waals surface area contributed by atoms with Gasteiger partial charge in [-0.25, -0.2) is 4.98 Å². The number of carbonyl (C=O) groups excluding carboxylic acids is 1. The highest BCUT2D eigenvalue weighted by atomic mass is 32.1. The monoisotopic (exact) mass is 409 g/mol. The third-order valence-electron chi connectivity index (χ3n) is 4.57. The Bertz CT molecular complexity index is 937. The number of hydrogen-bond acceptors (Lipinski definition) is 5. The van der Waals surface area contributed by atoms with E-state index in [2.05, 4.69) is 24.1 Å². The first kappa shape index (κ1) is 21.0. The number of hydrogen-bond donors (Lipinski definition) is 2. The molecule has 5 nitrogen and oxygen atoms in total. The van der Waals surface area contributed by atoms with Gasteiger partial charge in [-0.05, 0) is 42.5 Å². The Morgan fingerprint density at radius 2 is 1.79 bits per heavy atom. The number of benzene rings is 2. The number of ether oxygens (including phenoxy) is 1. The summed E-state index contributed by atoms with van der Waals surface area (Å²) in [5.41, 5.74) is 9.23. The van der Waals surface area contributed by atoms with Crippen molar-refractivity contribution in [3.63, 3.8) is 0 Å². The zero-order valence-electron chi connectivity index (χ0n) is 17.0. The van der Waals surface area contributed by atoms with Crippen LogP contribution >= 0.6 is 11.3 Å². The first-order valence-corrected chi connectivity index (χ1v) is 10.5. The Morgan fingerprint density at radius 3 is 2.41 bits per heavy atom. The maximum atomic E-state index is 12.4. The SMILES string of the molecule is Cc1sc(NC(=O)[C@@H](N)Cc2ccc(OCc3ccccc3)cc2)nc1C(C)C. The van der Waals surface area contributed by atoms with Crippen LogP contribution in [0.2, 0.25) is 0 Å². The Kier molecular flexibility index (Phi) is 7.01. The predicted molar refractivity (Wildman–Crippen MR) is 118 cm³/mol. The third-order valence-corrected chi connectivity index (χ3v) is 5.48. The van der Waals surface area contributed by atoms with Gasteiger partial charge in [0.15, 0.2) is 5.13 Å². The lowest BCUT2D eigenvalue weighted by atomic mass is 10.1. The normalized spacial score (nSPS) is 12.0. The molecule has 1 aromatic heterocycles. The molecule has 3 aromatic rings. The summed E-state index contributed by atoms with van der Waals surface area (Å²) in [5.74, 6) is 0.891. The highest BCUT2D eigenvalue weighted by Crippen LogP contribution is 2.27. The van der Waals surface area contributed by atoms with Crippen molar-refractivity contribution in [3.05, 3.63) is 76.3 Å². The molecule has 0 saturated carbocycles. The van der Waals surface area contributed by atoms with Crippen molar-refractivity contribution in [3.8, 4) is 5.75 Å². The molecule has 3 rings (SSSR count). The first-order chi connectivity index (χ1) is 13.9. The molecule has 1 atom stereocenters. The summed E-state index contributed by atoms with van der Waals surface area (Å²) in [5, 5.41) is 3.45. The molecule has 0 aliphatic carbocycles. The molecule has 0 aliphatic heterocycles. The Balaban J connectivity index is 1.52. The van der Waals surface area contributed by atoms with Crippen LogP contribution in [0.3, 0.4) is 0 Å². The van der Waals surface area contributed by atoms with E-state index in [1.165, 1.54) is 11.3 Å². The molecule has 0 radical (unpaired) electrons. The minimum atomic E-state index is -0.641. The standard InChI is InChI=1S/C23H27N3O2S/c1-15(2)21-16(3)29-23(25-21)26-22(27)20(24)13-17-9-11-19(12-10-17)28-14-18-7-5-4-6-8-18/h4-12,15,20H,13-14,24H2,1-3H3,(H,25,26,27)/t20-/m0/s1. The molecule has 3 N–H and O–H groups in total. The van der Waals surface area contributed by atoms with Gasteiger partial charge in [-0.15, -0.1) is 11.3 Å². The van der Waals surface area contributed by atoms with Gasteiger partial charge in [0, 0.05) is 4.88 Å². The second-order valence-electron chi connectivity index (χ2n) is 7.33. The van der Waals surface area contributed by atoms with E-state index in [4.69, 9.17) is 10.5 Å². The van der Waals surface area contributed by atoms with E-state index < -0.39 is 6.04 Å². The van der Waals surface area contributed by atoms with Crippen molar-refractivity contribution in [2.24, 2.45) is 5.73 Å². The number of amides is 1. The van der Waals surface area contributed by atoms with Crippen molar-refractivity contribution in [2.45, 2.75) is 45.8 Å². The zero-order valence-corrected chi connectivity index (χ0v) is 17.8. The van der Waals surface area contributed by atoms with Crippen molar-refractivity contribution in [1.82, 2.24) is 4.98 Å². The minimum absolute atomic E-state index is 0.224. The van der Waals surface area contributed by atoms with Crippen molar-refractivity contribution in [2.75, 3.05) is 5.32 Å². The number of aromatic nitrogens is 1. The van der Waals surface area contributed by atoms with Crippen molar-refractivity contribution in [1.29, 1.82) is 0 Å².